The summed E-state index contributed by atoms with van der Waals surface area (Å²) in [5.41, 5.74) is 2.37. The second kappa shape index (κ2) is 5.08. The van der Waals surface area contributed by atoms with Crippen LogP contribution in [0.15, 0.2) is 30.7 Å². The minimum Gasteiger partial charge on any atom is -0.377 e. The van der Waals surface area contributed by atoms with Crippen molar-refractivity contribution in [2.75, 3.05) is 5.32 Å². The zero-order valence-corrected chi connectivity index (χ0v) is 10.7. The molecule has 0 bridgehead atoms. The molecule has 0 amide bonds. The predicted octanol–water partition coefficient (Wildman–Crippen LogP) is 2.90. The summed E-state index contributed by atoms with van der Waals surface area (Å²) in [6.07, 6.45) is 6.03. The zero-order valence-electron chi connectivity index (χ0n) is 10.7. The van der Waals surface area contributed by atoms with Crippen molar-refractivity contribution in [1.29, 1.82) is 0 Å². The predicted molar refractivity (Wildman–Crippen MR) is 70.0 cm³/mol. The molecule has 0 aliphatic carbocycles. The highest BCUT2D eigenvalue weighted by molar-refractivity contribution is 5.38. The summed E-state index contributed by atoms with van der Waals surface area (Å²) < 4.78 is 4.20. The molecule has 1 N–H and O–H groups in total. The maximum atomic E-state index is 4.31. The van der Waals surface area contributed by atoms with Gasteiger partial charge in [0.15, 0.2) is 0 Å². The molecule has 0 saturated heterocycles. The van der Waals surface area contributed by atoms with Crippen molar-refractivity contribution >= 4 is 5.69 Å². The maximum absolute atomic E-state index is 4.31. The van der Waals surface area contributed by atoms with Crippen molar-refractivity contribution in [2.45, 2.75) is 39.9 Å². The number of aromatic nitrogens is 3. The van der Waals surface area contributed by atoms with E-state index in [0.717, 1.165) is 18.8 Å². The van der Waals surface area contributed by atoms with Gasteiger partial charge in [0, 0.05) is 30.7 Å². The number of nitrogens with one attached hydrogen (secondary N) is 1. The normalized spacial score (nSPS) is 11.1. The Labute approximate surface area is 102 Å². The second-order valence-electron chi connectivity index (χ2n) is 4.44. The van der Waals surface area contributed by atoms with Crippen LogP contribution in [-0.4, -0.2) is 14.3 Å². The van der Waals surface area contributed by atoms with E-state index in [9.17, 15) is 0 Å². The fraction of sp³-hybridized carbons (Fsp3) is 0.462. The Balaban J connectivity index is 1.97. The molecular formula is C13H20N4. The van der Waals surface area contributed by atoms with Crippen molar-refractivity contribution in [3.05, 3.63) is 36.4 Å². The average molecular weight is 232 g/mol. The van der Waals surface area contributed by atoms with Crippen LogP contribution in [0.25, 0.3) is 0 Å². The first kappa shape index (κ1) is 11.8. The molecule has 0 aliphatic rings. The summed E-state index contributed by atoms with van der Waals surface area (Å²) in [5.74, 6) is 0. The topological polar surface area (TPSA) is 34.8 Å². The van der Waals surface area contributed by atoms with Crippen LogP contribution in [-0.2, 0) is 13.1 Å². The Morgan fingerprint density at radius 2 is 2.24 bits per heavy atom. The molecule has 2 aromatic rings. The van der Waals surface area contributed by atoms with Crippen LogP contribution in [0.3, 0.4) is 0 Å². The Morgan fingerprint density at radius 3 is 2.88 bits per heavy atom. The first-order valence-electron chi connectivity index (χ1n) is 6.12. The molecule has 0 radical (unpaired) electrons. The van der Waals surface area contributed by atoms with Crippen LogP contribution in [0.4, 0.5) is 5.69 Å². The van der Waals surface area contributed by atoms with Gasteiger partial charge in [-0.15, -0.1) is 0 Å². The summed E-state index contributed by atoms with van der Waals surface area (Å²) in [4.78, 5) is 0. The minimum atomic E-state index is 0.407. The first-order chi connectivity index (χ1) is 8.20. The molecule has 0 aromatic carbocycles. The van der Waals surface area contributed by atoms with Gasteiger partial charge in [0.1, 0.15) is 0 Å². The number of rotatable bonds is 5. The number of hydrogen-bond donors (Lipinski definition) is 1. The van der Waals surface area contributed by atoms with Crippen LogP contribution >= 0.6 is 0 Å². The summed E-state index contributed by atoms with van der Waals surface area (Å²) in [6.45, 7) is 8.25. The molecule has 17 heavy (non-hydrogen) atoms. The van der Waals surface area contributed by atoms with Gasteiger partial charge < -0.3 is 9.88 Å². The van der Waals surface area contributed by atoms with E-state index in [-0.39, 0.29) is 0 Å². The Kier molecular flexibility index (Phi) is 3.52. The average Bonchev–Trinajstić information content (AvgIpc) is 2.95. The molecule has 2 rings (SSSR count). The van der Waals surface area contributed by atoms with E-state index in [2.05, 4.69) is 54.1 Å². The minimum absolute atomic E-state index is 0.407. The molecule has 0 unspecified atom stereocenters. The molecule has 2 aromatic heterocycles. The van der Waals surface area contributed by atoms with E-state index >= 15 is 0 Å². The van der Waals surface area contributed by atoms with Gasteiger partial charge in [0.25, 0.3) is 0 Å². The molecule has 2 heterocycles. The number of aryl methyl sites for hydroxylation is 1. The van der Waals surface area contributed by atoms with Crippen LogP contribution < -0.4 is 5.32 Å². The Morgan fingerprint density at radius 1 is 1.41 bits per heavy atom. The summed E-state index contributed by atoms with van der Waals surface area (Å²) in [6, 6.07) is 4.63. The molecule has 0 spiro atoms. The zero-order chi connectivity index (χ0) is 12.3. The lowest BCUT2D eigenvalue weighted by Crippen LogP contribution is -2.05. The third-order valence-electron chi connectivity index (χ3n) is 2.87. The third kappa shape index (κ3) is 2.70. The van der Waals surface area contributed by atoms with Gasteiger partial charge in [0.2, 0.25) is 0 Å². The quantitative estimate of drug-likeness (QED) is 0.860. The van der Waals surface area contributed by atoms with Gasteiger partial charge in [-0.05, 0) is 32.9 Å². The summed E-state index contributed by atoms with van der Waals surface area (Å²) in [5, 5.41) is 7.70. The molecule has 0 atom stereocenters. The largest absolute Gasteiger partial charge is 0.377 e. The van der Waals surface area contributed by atoms with Crippen molar-refractivity contribution < 1.29 is 0 Å². The number of anilines is 1. The second-order valence-corrected chi connectivity index (χ2v) is 4.44. The molecule has 92 valence electrons. The summed E-state index contributed by atoms with van der Waals surface area (Å²) >= 11 is 0. The molecule has 0 aliphatic heterocycles. The van der Waals surface area contributed by atoms with Crippen molar-refractivity contribution in [1.82, 2.24) is 14.3 Å². The molecule has 0 fully saturated rings. The smallest absolute Gasteiger partial charge is 0.0729 e. The lowest BCUT2D eigenvalue weighted by Gasteiger charge is -2.07. The summed E-state index contributed by atoms with van der Waals surface area (Å²) in [7, 11) is 0. The number of nitrogens with zero attached hydrogens (tertiary/aromatic N) is 3. The monoisotopic (exact) mass is 232 g/mol. The lowest BCUT2D eigenvalue weighted by atomic mass is 10.4. The van der Waals surface area contributed by atoms with Gasteiger partial charge in [-0.25, -0.2) is 0 Å². The first-order valence-corrected chi connectivity index (χ1v) is 6.12. The van der Waals surface area contributed by atoms with Gasteiger partial charge in [-0.3, -0.25) is 4.68 Å². The van der Waals surface area contributed by atoms with Gasteiger partial charge in [-0.1, -0.05) is 0 Å². The molecule has 4 heteroatoms. The third-order valence-corrected chi connectivity index (χ3v) is 2.87. The highest BCUT2D eigenvalue weighted by Crippen LogP contribution is 2.11. The fourth-order valence-corrected chi connectivity index (χ4v) is 1.82. The fourth-order valence-electron chi connectivity index (χ4n) is 1.82. The SMILES string of the molecule is CCn1cccc1CNc1cnn(C(C)C)c1. The van der Waals surface area contributed by atoms with E-state index in [4.69, 9.17) is 0 Å². The van der Waals surface area contributed by atoms with Crippen LogP contribution in [0, 0.1) is 0 Å². The van der Waals surface area contributed by atoms with Crippen molar-refractivity contribution in [2.24, 2.45) is 0 Å². The van der Waals surface area contributed by atoms with Crippen LogP contribution in [0.1, 0.15) is 32.5 Å². The Bertz CT molecular complexity index is 467. The highest BCUT2D eigenvalue weighted by atomic mass is 15.3. The van der Waals surface area contributed by atoms with E-state index in [1.54, 1.807) is 0 Å². The standard InChI is InChI=1S/C13H20N4/c1-4-16-7-5-6-13(16)9-14-12-8-15-17(10-12)11(2)3/h5-8,10-11,14H,4,9H2,1-3H3. The van der Waals surface area contributed by atoms with E-state index in [1.165, 1.54) is 5.69 Å². The molecule has 4 nitrogen and oxygen atoms in total. The van der Waals surface area contributed by atoms with E-state index in [0.29, 0.717) is 6.04 Å². The van der Waals surface area contributed by atoms with Gasteiger partial charge in [-0.2, -0.15) is 5.10 Å². The van der Waals surface area contributed by atoms with Crippen molar-refractivity contribution in [3.8, 4) is 0 Å². The van der Waals surface area contributed by atoms with Gasteiger partial charge in [0.05, 0.1) is 18.4 Å². The Hall–Kier alpha value is -1.71. The van der Waals surface area contributed by atoms with Crippen LogP contribution in [0.5, 0.6) is 0 Å². The highest BCUT2D eigenvalue weighted by Gasteiger charge is 2.02. The van der Waals surface area contributed by atoms with Gasteiger partial charge >= 0.3 is 0 Å². The van der Waals surface area contributed by atoms with E-state index < -0.39 is 0 Å². The van der Waals surface area contributed by atoms with Crippen molar-refractivity contribution in [3.63, 3.8) is 0 Å². The van der Waals surface area contributed by atoms with Crippen LogP contribution in [0.2, 0.25) is 0 Å². The maximum Gasteiger partial charge on any atom is 0.0729 e. The molecule has 0 saturated carbocycles. The van der Waals surface area contributed by atoms with E-state index in [1.807, 2.05) is 17.1 Å². The molecular weight excluding hydrogens is 212 g/mol. The number of hydrogen-bond acceptors (Lipinski definition) is 2. The lowest BCUT2D eigenvalue weighted by molar-refractivity contribution is 0.532.